The van der Waals surface area contributed by atoms with Gasteiger partial charge >= 0.3 is 0 Å². The molecule has 0 spiro atoms. The molecule has 0 atom stereocenters. The van der Waals surface area contributed by atoms with Gasteiger partial charge in [-0.3, -0.25) is 20.2 Å². The molecule has 0 saturated heterocycles. The van der Waals surface area contributed by atoms with Crippen molar-refractivity contribution in [3.63, 3.8) is 0 Å². The first-order valence-electron chi connectivity index (χ1n) is 9.93. The molecule has 1 heterocycles. The summed E-state index contributed by atoms with van der Waals surface area (Å²) in [5, 5.41) is 14.0. The molecule has 0 aliphatic rings. The summed E-state index contributed by atoms with van der Waals surface area (Å²) >= 11 is 1.18. The van der Waals surface area contributed by atoms with E-state index in [2.05, 4.69) is 17.2 Å². The van der Waals surface area contributed by atoms with Crippen LogP contribution in [0.4, 0.5) is 10.8 Å². The largest absolute Gasteiger partial charge is 0.490 e. The minimum atomic E-state index is -0.462. The van der Waals surface area contributed by atoms with Gasteiger partial charge in [-0.1, -0.05) is 30.7 Å². The maximum atomic E-state index is 12.3. The number of unbranched alkanes of at least 4 members (excludes halogenated alkanes) is 1. The second-order valence-electron chi connectivity index (χ2n) is 6.59. The van der Waals surface area contributed by atoms with Crippen LogP contribution in [0.15, 0.2) is 42.5 Å². The van der Waals surface area contributed by atoms with Crippen LogP contribution in [-0.2, 0) is 4.79 Å². The number of hydrogen-bond donors (Lipinski definition) is 1. The lowest BCUT2D eigenvalue weighted by molar-refractivity contribution is -0.384. The van der Waals surface area contributed by atoms with Crippen molar-refractivity contribution in [1.82, 2.24) is 4.98 Å². The first-order chi connectivity index (χ1) is 15.0. The lowest BCUT2D eigenvalue weighted by atomic mass is 10.2. The van der Waals surface area contributed by atoms with E-state index in [1.54, 1.807) is 12.1 Å². The lowest BCUT2D eigenvalue weighted by Crippen LogP contribution is -2.07. The molecule has 0 bridgehead atoms. The summed E-state index contributed by atoms with van der Waals surface area (Å²) in [5.74, 6) is 0.962. The van der Waals surface area contributed by atoms with E-state index in [1.165, 1.54) is 29.5 Å². The fourth-order valence-electron chi connectivity index (χ4n) is 2.74. The first-order valence-corrected chi connectivity index (χ1v) is 10.8. The van der Waals surface area contributed by atoms with Crippen LogP contribution in [0.1, 0.15) is 32.3 Å². The van der Waals surface area contributed by atoms with Gasteiger partial charge in [0.25, 0.3) is 5.69 Å². The number of thiazole rings is 1. The minimum Gasteiger partial charge on any atom is -0.490 e. The Kier molecular flexibility index (Phi) is 7.55. The highest BCUT2D eigenvalue weighted by Crippen LogP contribution is 2.30. The number of carbonyl (C=O) groups is 1. The zero-order chi connectivity index (χ0) is 22.2. The summed E-state index contributed by atoms with van der Waals surface area (Å²) in [6.07, 6.45) is 5.08. The molecule has 0 aliphatic heterocycles. The van der Waals surface area contributed by atoms with Crippen LogP contribution in [0.2, 0.25) is 0 Å². The standard InChI is InChI=1S/C22H23N3O5S/c1-3-5-12-30-18-10-6-15(13-19(18)29-4-2)7-11-21(26)24-22-23-17-9-8-16(25(27)28)14-20(17)31-22/h6-11,13-14H,3-5,12H2,1-2H3,(H,23,24,26)/b11-7+. The number of rotatable bonds is 10. The van der Waals surface area contributed by atoms with E-state index in [1.807, 2.05) is 25.1 Å². The Bertz CT molecular complexity index is 1110. The van der Waals surface area contributed by atoms with Crippen molar-refractivity contribution in [2.24, 2.45) is 0 Å². The Morgan fingerprint density at radius 3 is 2.77 bits per heavy atom. The number of ether oxygens (including phenoxy) is 2. The topological polar surface area (TPSA) is 104 Å². The molecule has 0 fully saturated rings. The number of carbonyl (C=O) groups excluding carboxylic acids is 1. The zero-order valence-corrected chi connectivity index (χ0v) is 18.1. The fraction of sp³-hybridized carbons (Fsp3) is 0.273. The van der Waals surface area contributed by atoms with Gasteiger partial charge in [-0.25, -0.2) is 4.98 Å². The molecule has 31 heavy (non-hydrogen) atoms. The third-order valence-electron chi connectivity index (χ3n) is 4.26. The SMILES string of the molecule is CCCCOc1ccc(/C=C/C(=O)Nc2nc3ccc([N+](=O)[O-])cc3s2)cc1OCC. The zero-order valence-electron chi connectivity index (χ0n) is 17.3. The van der Waals surface area contributed by atoms with Crippen LogP contribution in [0.5, 0.6) is 11.5 Å². The van der Waals surface area contributed by atoms with Gasteiger partial charge in [0.15, 0.2) is 16.6 Å². The number of non-ortho nitro benzene ring substituents is 1. The molecule has 1 N–H and O–H groups in total. The van der Waals surface area contributed by atoms with Crippen LogP contribution in [0, 0.1) is 10.1 Å². The van der Waals surface area contributed by atoms with E-state index in [9.17, 15) is 14.9 Å². The van der Waals surface area contributed by atoms with E-state index >= 15 is 0 Å². The molecule has 1 amide bonds. The van der Waals surface area contributed by atoms with E-state index in [-0.39, 0.29) is 11.6 Å². The summed E-state index contributed by atoms with van der Waals surface area (Å²) in [7, 11) is 0. The smallest absolute Gasteiger partial charge is 0.270 e. The minimum absolute atomic E-state index is 0.0128. The van der Waals surface area contributed by atoms with Crippen molar-refractivity contribution in [1.29, 1.82) is 0 Å². The van der Waals surface area contributed by atoms with E-state index < -0.39 is 4.92 Å². The first kappa shape index (κ1) is 22.2. The third-order valence-corrected chi connectivity index (χ3v) is 5.20. The molecule has 9 heteroatoms. The molecule has 0 radical (unpaired) electrons. The number of anilines is 1. The van der Waals surface area contributed by atoms with Crippen molar-refractivity contribution in [3.05, 3.63) is 58.2 Å². The molecule has 0 saturated carbocycles. The number of nitro groups is 1. The highest BCUT2D eigenvalue weighted by molar-refractivity contribution is 7.22. The fourth-order valence-corrected chi connectivity index (χ4v) is 3.64. The molecule has 162 valence electrons. The number of hydrogen-bond acceptors (Lipinski definition) is 7. The van der Waals surface area contributed by atoms with Crippen molar-refractivity contribution in [2.45, 2.75) is 26.7 Å². The Hall–Kier alpha value is -3.46. The Labute approximate surface area is 183 Å². The predicted octanol–water partition coefficient (Wildman–Crippen LogP) is 5.43. The average Bonchev–Trinajstić information content (AvgIpc) is 3.15. The number of amides is 1. The summed E-state index contributed by atoms with van der Waals surface area (Å²) in [5.41, 5.74) is 1.37. The Balaban J connectivity index is 1.68. The molecule has 0 aliphatic carbocycles. The molecule has 1 aromatic heterocycles. The van der Waals surface area contributed by atoms with E-state index in [0.29, 0.717) is 40.1 Å². The van der Waals surface area contributed by atoms with Gasteiger partial charge in [0.05, 0.1) is 28.4 Å². The Morgan fingerprint density at radius 1 is 1.19 bits per heavy atom. The van der Waals surface area contributed by atoms with Crippen LogP contribution >= 0.6 is 11.3 Å². The molecule has 2 aromatic carbocycles. The van der Waals surface area contributed by atoms with Gasteiger partial charge in [0, 0.05) is 18.2 Å². The third kappa shape index (κ3) is 6.02. The molecule has 3 rings (SSSR count). The van der Waals surface area contributed by atoms with Gasteiger partial charge in [-0.2, -0.15) is 0 Å². The number of nitrogens with zero attached hydrogens (tertiary/aromatic N) is 2. The molecule has 8 nitrogen and oxygen atoms in total. The van der Waals surface area contributed by atoms with Gasteiger partial charge in [-0.15, -0.1) is 0 Å². The molecule has 3 aromatic rings. The number of fused-ring (bicyclic) bond motifs is 1. The van der Waals surface area contributed by atoms with Gasteiger partial charge < -0.3 is 9.47 Å². The quantitative estimate of drug-likeness (QED) is 0.195. The summed E-state index contributed by atoms with van der Waals surface area (Å²) < 4.78 is 12.1. The van der Waals surface area contributed by atoms with E-state index in [4.69, 9.17) is 9.47 Å². The number of nitro benzene ring substituents is 1. The van der Waals surface area contributed by atoms with Crippen LogP contribution in [0.25, 0.3) is 16.3 Å². The molecule has 0 unspecified atom stereocenters. The van der Waals surface area contributed by atoms with Gasteiger partial charge in [0.1, 0.15) is 0 Å². The summed E-state index contributed by atoms with van der Waals surface area (Å²) in [6, 6.07) is 9.90. The second-order valence-corrected chi connectivity index (χ2v) is 7.62. The number of aromatic nitrogens is 1. The van der Waals surface area contributed by atoms with Crippen molar-refractivity contribution in [3.8, 4) is 11.5 Å². The van der Waals surface area contributed by atoms with Crippen LogP contribution < -0.4 is 14.8 Å². The van der Waals surface area contributed by atoms with Crippen LogP contribution in [-0.4, -0.2) is 29.0 Å². The second kappa shape index (κ2) is 10.5. The summed E-state index contributed by atoms with van der Waals surface area (Å²) in [4.78, 5) is 27.0. The van der Waals surface area contributed by atoms with E-state index in [0.717, 1.165) is 18.4 Å². The van der Waals surface area contributed by atoms with Gasteiger partial charge in [0.2, 0.25) is 5.91 Å². The average molecular weight is 442 g/mol. The normalized spacial score (nSPS) is 11.0. The number of benzene rings is 2. The lowest BCUT2D eigenvalue weighted by Gasteiger charge is -2.12. The van der Waals surface area contributed by atoms with Gasteiger partial charge in [-0.05, 0) is 43.2 Å². The predicted molar refractivity (Wildman–Crippen MR) is 122 cm³/mol. The number of nitrogens with one attached hydrogen (secondary N) is 1. The highest BCUT2D eigenvalue weighted by Gasteiger charge is 2.11. The molecular weight excluding hydrogens is 418 g/mol. The van der Waals surface area contributed by atoms with Crippen molar-refractivity contribution < 1.29 is 19.2 Å². The summed E-state index contributed by atoms with van der Waals surface area (Å²) in [6.45, 7) is 5.13. The Morgan fingerprint density at radius 2 is 2.03 bits per heavy atom. The van der Waals surface area contributed by atoms with Crippen LogP contribution in [0.3, 0.4) is 0 Å². The monoisotopic (exact) mass is 441 g/mol. The van der Waals surface area contributed by atoms with Crippen molar-refractivity contribution in [2.75, 3.05) is 18.5 Å². The van der Waals surface area contributed by atoms with Crippen molar-refractivity contribution >= 4 is 44.4 Å². The molecular formula is C22H23N3O5S. The highest BCUT2D eigenvalue weighted by atomic mass is 32.1. The maximum Gasteiger partial charge on any atom is 0.270 e. The maximum absolute atomic E-state index is 12.3.